The Balaban J connectivity index is 3.04. The van der Waals surface area contributed by atoms with Crippen LogP contribution in [-0.2, 0) is 6.18 Å². The van der Waals surface area contributed by atoms with Crippen LogP contribution in [0.1, 0.15) is 42.6 Å². The van der Waals surface area contributed by atoms with Gasteiger partial charge in [0.05, 0.1) is 11.1 Å². The number of hydrogen-bond donors (Lipinski definition) is 0. The second kappa shape index (κ2) is 5.50. The summed E-state index contributed by atoms with van der Waals surface area (Å²) in [6, 6.07) is 1.90. The van der Waals surface area contributed by atoms with E-state index in [0.717, 1.165) is 0 Å². The Morgan fingerprint density at radius 3 is 2.44 bits per heavy atom. The molecule has 1 atom stereocenters. The highest BCUT2D eigenvalue weighted by Crippen LogP contribution is 2.30. The summed E-state index contributed by atoms with van der Waals surface area (Å²) in [5, 5.41) is 0. The highest BCUT2D eigenvalue weighted by Gasteiger charge is 2.31. The number of ketones is 1. The second-order valence-electron chi connectivity index (χ2n) is 4.33. The van der Waals surface area contributed by atoms with Crippen molar-refractivity contribution in [3.63, 3.8) is 0 Å². The zero-order valence-electron chi connectivity index (χ0n) is 10.1. The topological polar surface area (TPSA) is 17.1 Å². The zero-order chi connectivity index (χ0) is 13.9. The first kappa shape index (κ1) is 14.7. The van der Waals surface area contributed by atoms with Crippen LogP contribution in [0.3, 0.4) is 0 Å². The number of carbonyl (C=O) groups excluding carboxylic acids is 1. The highest BCUT2D eigenvalue weighted by molar-refractivity contribution is 5.96. The molecule has 18 heavy (non-hydrogen) atoms. The normalized spacial score (nSPS) is 13.4. The lowest BCUT2D eigenvalue weighted by atomic mass is 9.96. The molecule has 1 rings (SSSR count). The summed E-state index contributed by atoms with van der Waals surface area (Å²) in [6.07, 6.45) is -3.81. The molecule has 1 aromatic rings. The molecular formula is C13H14F4O. The number of carbonyl (C=O) groups is 1. The Morgan fingerprint density at radius 2 is 1.94 bits per heavy atom. The molecule has 0 aliphatic rings. The second-order valence-corrected chi connectivity index (χ2v) is 4.33. The molecule has 1 aromatic carbocycles. The minimum atomic E-state index is -4.57. The molecule has 5 heteroatoms. The molecule has 0 amide bonds. The molecular weight excluding hydrogens is 248 g/mol. The number of hydrogen-bond acceptors (Lipinski definition) is 1. The van der Waals surface area contributed by atoms with Gasteiger partial charge in [0.15, 0.2) is 5.78 Å². The third-order valence-electron chi connectivity index (χ3n) is 2.82. The van der Waals surface area contributed by atoms with Crippen LogP contribution in [-0.4, -0.2) is 5.78 Å². The van der Waals surface area contributed by atoms with Gasteiger partial charge in [-0.1, -0.05) is 20.3 Å². The lowest BCUT2D eigenvalue weighted by Gasteiger charge is -2.11. The molecule has 0 aromatic heterocycles. The van der Waals surface area contributed by atoms with E-state index >= 15 is 0 Å². The van der Waals surface area contributed by atoms with Gasteiger partial charge in [0.25, 0.3) is 0 Å². The minimum Gasteiger partial charge on any atom is -0.294 e. The third kappa shape index (κ3) is 3.55. The van der Waals surface area contributed by atoms with Crippen molar-refractivity contribution in [2.75, 3.05) is 0 Å². The van der Waals surface area contributed by atoms with E-state index in [2.05, 4.69) is 0 Å². The maximum absolute atomic E-state index is 13.4. The van der Waals surface area contributed by atoms with Crippen LogP contribution in [0.25, 0.3) is 0 Å². The van der Waals surface area contributed by atoms with Crippen LogP contribution in [0, 0.1) is 11.7 Å². The predicted molar refractivity (Wildman–Crippen MR) is 59.8 cm³/mol. The Labute approximate surface area is 103 Å². The lowest BCUT2D eigenvalue weighted by Crippen LogP contribution is -2.11. The minimum absolute atomic E-state index is 0.0199. The van der Waals surface area contributed by atoms with Crippen molar-refractivity contribution in [1.82, 2.24) is 0 Å². The number of benzene rings is 1. The SMILES string of the molecule is CCC(C)CC(=O)c1cc(C(F)(F)F)ccc1F. The van der Waals surface area contributed by atoms with Crippen molar-refractivity contribution in [2.45, 2.75) is 32.9 Å². The first-order valence-corrected chi connectivity index (χ1v) is 5.65. The maximum atomic E-state index is 13.4. The van der Waals surface area contributed by atoms with Crippen molar-refractivity contribution in [2.24, 2.45) is 5.92 Å². The van der Waals surface area contributed by atoms with E-state index < -0.39 is 28.9 Å². The van der Waals surface area contributed by atoms with E-state index in [0.29, 0.717) is 24.6 Å². The fourth-order valence-corrected chi connectivity index (χ4v) is 1.49. The quantitative estimate of drug-likeness (QED) is 0.578. The van der Waals surface area contributed by atoms with Crippen molar-refractivity contribution in [3.8, 4) is 0 Å². The number of rotatable bonds is 4. The molecule has 1 nitrogen and oxygen atoms in total. The first-order valence-electron chi connectivity index (χ1n) is 5.65. The molecule has 0 heterocycles. The summed E-state index contributed by atoms with van der Waals surface area (Å²) in [6.45, 7) is 3.66. The lowest BCUT2D eigenvalue weighted by molar-refractivity contribution is -0.137. The van der Waals surface area contributed by atoms with Crippen molar-refractivity contribution >= 4 is 5.78 Å². The molecule has 0 fully saturated rings. The van der Waals surface area contributed by atoms with Crippen molar-refractivity contribution in [1.29, 1.82) is 0 Å². The molecule has 0 saturated carbocycles. The van der Waals surface area contributed by atoms with Gasteiger partial charge in [0, 0.05) is 6.42 Å². The third-order valence-corrected chi connectivity index (χ3v) is 2.82. The van der Waals surface area contributed by atoms with E-state index in [1.165, 1.54) is 0 Å². The van der Waals surface area contributed by atoms with Crippen LogP contribution in [0.4, 0.5) is 17.6 Å². The van der Waals surface area contributed by atoms with Crippen LogP contribution < -0.4 is 0 Å². The molecule has 100 valence electrons. The largest absolute Gasteiger partial charge is 0.416 e. The summed E-state index contributed by atoms with van der Waals surface area (Å²) in [4.78, 5) is 11.7. The van der Waals surface area contributed by atoms with Gasteiger partial charge in [-0.2, -0.15) is 13.2 Å². The summed E-state index contributed by atoms with van der Waals surface area (Å²) in [5.74, 6) is -1.48. The number of Topliss-reactive ketones (excluding diaryl/α,β-unsaturated/α-hetero) is 1. The molecule has 0 N–H and O–H groups in total. The van der Waals surface area contributed by atoms with E-state index in [-0.39, 0.29) is 12.3 Å². The molecule has 0 bridgehead atoms. The van der Waals surface area contributed by atoms with Crippen LogP contribution in [0.15, 0.2) is 18.2 Å². The van der Waals surface area contributed by atoms with E-state index in [4.69, 9.17) is 0 Å². The summed E-state index contributed by atoms with van der Waals surface area (Å²) < 4.78 is 50.7. The summed E-state index contributed by atoms with van der Waals surface area (Å²) >= 11 is 0. The van der Waals surface area contributed by atoms with Crippen LogP contribution >= 0.6 is 0 Å². The molecule has 0 spiro atoms. The van der Waals surface area contributed by atoms with Crippen molar-refractivity contribution in [3.05, 3.63) is 35.1 Å². The molecule has 0 saturated heterocycles. The zero-order valence-corrected chi connectivity index (χ0v) is 10.1. The van der Waals surface area contributed by atoms with Crippen molar-refractivity contribution < 1.29 is 22.4 Å². The van der Waals surface area contributed by atoms with Crippen LogP contribution in [0.2, 0.25) is 0 Å². The highest BCUT2D eigenvalue weighted by atomic mass is 19.4. The van der Waals surface area contributed by atoms with Gasteiger partial charge >= 0.3 is 6.18 Å². The Morgan fingerprint density at radius 1 is 1.33 bits per heavy atom. The number of halogens is 4. The van der Waals surface area contributed by atoms with Gasteiger partial charge in [0.1, 0.15) is 5.82 Å². The Kier molecular flexibility index (Phi) is 4.48. The number of alkyl halides is 3. The summed E-state index contributed by atoms with van der Waals surface area (Å²) in [7, 11) is 0. The fourth-order valence-electron chi connectivity index (χ4n) is 1.49. The predicted octanol–water partition coefficient (Wildman–Crippen LogP) is 4.46. The van der Waals surface area contributed by atoms with Gasteiger partial charge in [-0.3, -0.25) is 4.79 Å². The Hall–Kier alpha value is -1.39. The molecule has 1 unspecified atom stereocenters. The smallest absolute Gasteiger partial charge is 0.294 e. The van der Waals surface area contributed by atoms with E-state index in [1.54, 1.807) is 6.92 Å². The molecule has 0 aliphatic heterocycles. The fraction of sp³-hybridized carbons (Fsp3) is 0.462. The average molecular weight is 262 g/mol. The standard InChI is InChI=1S/C13H14F4O/c1-3-8(2)6-12(18)10-7-9(13(15,16)17)4-5-11(10)14/h4-5,7-8H,3,6H2,1-2H3. The van der Waals surface area contributed by atoms with Gasteiger partial charge < -0.3 is 0 Å². The van der Waals surface area contributed by atoms with E-state index in [9.17, 15) is 22.4 Å². The monoisotopic (exact) mass is 262 g/mol. The van der Waals surface area contributed by atoms with E-state index in [1.807, 2.05) is 6.92 Å². The first-order chi connectivity index (χ1) is 8.25. The van der Waals surface area contributed by atoms with Crippen LogP contribution in [0.5, 0.6) is 0 Å². The van der Waals surface area contributed by atoms with Gasteiger partial charge in [-0.15, -0.1) is 0 Å². The molecule has 0 aliphatic carbocycles. The summed E-state index contributed by atoms with van der Waals surface area (Å²) in [5.41, 5.74) is -1.48. The van der Waals surface area contributed by atoms with Gasteiger partial charge in [-0.25, -0.2) is 4.39 Å². The molecule has 0 radical (unpaired) electrons. The average Bonchev–Trinajstić information content (AvgIpc) is 2.27. The van der Waals surface area contributed by atoms with Gasteiger partial charge in [0.2, 0.25) is 0 Å². The maximum Gasteiger partial charge on any atom is 0.416 e. The Bertz CT molecular complexity index is 437. The van der Waals surface area contributed by atoms with Gasteiger partial charge in [-0.05, 0) is 24.1 Å².